The van der Waals surface area contributed by atoms with Crippen LogP contribution in [0.2, 0.25) is 0 Å². The van der Waals surface area contributed by atoms with Gasteiger partial charge in [0.25, 0.3) is 0 Å². The Morgan fingerprint density at radius 1 is 1.29 bits per heavy atom. The van der Waals surface area contributed by atoms with Crippen LogP contribution in [0.4, 0.5) is 4.39 Å². The molecule has 0 fully saturated rings. The van der Waals surface area contributed by atoms with E-state index in [2.05, 4.69) is 4.98 Å². The van der Waals surface area contributed by atoms with E-state index in [0.717, 1.165) is 0 Å². The summed E-state index contributed by atoms with van der Waals surface area (Å²) in [5, 5.41) is 8.80. The Kier molecular flexibility index (Phi) is 3.01. The fourth-order valence-electron chi connectivity index (χ4n) is 1.41. The fraction of sp³-hybridized carbons (Fsp3) is 0.0769. The molecule has 0 N–H and O–H groups in total. The molecule has 1 aromatic carbocycles. The standard InChI is InChI=1S/C13H9FN2O/c1-9-5-10(8-15)6-13(16-9)17-12-4-2-3-11(14)7-12/h2-7H,1H3. The third kappa shape index (κ3) is 2.79. The number of ether oxygens (including phenoxy) is 1. The lowest BCUT2D eigenvalue weighted by Gasteiger charge is -2.05. The molecule has 0 radical (unpaired) electrons. The van der Waals surface area contributed by atoms with Crippen molar-refractivity contribution in [3.05, 3.63) is 53.5 Å². The maximum absolute atomic E-state index is 12.9. The molecular weight excluding hydrogens is 219 g/mol. The Balaban J connectivity index is 2.30. The highest BCUT2D eigenvalue weighted by Crippen LogP contribution is 2.21. The van der Waals surface area contributed by atoms with Crippen molar-refractivity contribution in [2.75, 3.05) is 0 Å². The van der Waals surface area contributed by atoms with Gasteiger partial charge in [0.15, 0.2) is 0 Å². The third-order valence-corrected chi connectivity index (χ3v) is 2.08. The lowest BCUT2D eigenvalue weighted by molar-refractivity contribution is 0.457. The molecule has 3 nitrogen and oxygen atoms in total. The van der Waals surface area contributed by atoms with Crippen LogP contribution in [0, 0.1) is 24.1 Å². The monoisotopic (exact) mass is 228 g/mol. The number of nitrogens with zero attached hydrogens (tertiary/aromatic N) is 2. The van der Waals surface area contributed by atoms with E-state index < -0.39 is 0 Å². The molecule has 84 valence electrons. The highest BCUT2D eigenvalue weighted by molar-refractivity contribution is 5.36. The highest BCUT2D eigenvalue weighted by Gasteiger charge is 2.03. The van der Waals surface area contributed by atoms with Crippen LogP contribution in [0.1, 0.15) is 11.3 Å². The molecule has 0 aliphatic rings. The summed E-state index contributed by atoms with van der Waals surface area (Å²) in [6.07, 6.45) is 0. The van der Waals surface area contributed by atoms with Crippen LogP contribution >= 0.6 is 0 Å². The minimum Gasteiger partial charge on any atom is -0.439 e. The molecule has 4 heteroatoms. The lowest BCUT2D eigenvalue weighted by atomic mass is 10.2. The van der Waals surface area contributed by atoms with Crippen molar-refractivity contribution in [1.29, 1.82) is 5.26 Å². The number of nitriles is 1. The number of aromatic nitrogens is 1. The van der Waals surface area contributed by atoms with Gasteiger partial charge in [-0.3, -0.25) is 0 Å². The van der Waals surface area contributed by atoms with Crippen molar-refractivity contribution in [3.63, 3.8) is 0 Å². The van der Waals surface area contributed by atoms with Gasteiger partial charge in [0, 0.05) is 17.8 Å². The minimum absolute atomic E-state index is 0.284. The maximum atomic E-state index is 12.9. The zero-order valence-corrected chi connectivity index (χ0v) is 9.14. The average Bonchev–Trinajstić information content (AvgIpc) is 2.28. The average molecular weight is 228 g/mol. The van der Waals surface area contributed by atoms with Crippen molar-refractivity contribution in [2.24, 2.45) is 0 Å². The first-order chi connectivity index (χ1) is 8.17. The van der Waals surface area contributed by atoms with Crippen LogP contribution in [0.15, 0.2) is 36.4 Å². The zero-order chi connectivity index (χ0) is 12.3. The quantitative estimate of drug-likeness (QED) is 0.792. The number of hydrogen-bond acceptors (Lipinski definition) is 3. The molecule has 0 amide bonds. The SMILES string of the molecule is Cc1cc(C#N)cc(Oc2cccc(F)c2)n1. The van der Waals surface area contributed by atoms with Gasteiger partial charge in [-0.1, -0.05) is 6.07 Å². The van der Waals surface area contributed by atoms with E-state index in [0.29, 0.717) is 17.0 Å². The molecule has 0 aliphatic carbocycles. The predicted molar refractivity (Wildman–Crippen MR) is 60.2 cm³/mol. The lowest BCUT2D eigenvalue weighted by Crippen LogP contribution is -1.92. The van der Waals surface area contributed by atoms with Gasteiger partial charge >= 0.3 is 0 Å². The summed E-state index contributed by atoms with van der Waals surface area (Å²) in [5.41, 5.74) is 1.14. The molecule has 1 heterocycles. The van der Waals surface area contributed by atoms with Crippen molar-refractivity contribution in [1.82, 2.24) is 4.98 Å². The molecule has 0 spiro atoms. The minimum atomic E-state index is -0.379. The first kappa shape index (κ1) is 11.1. The second-order valence-corrected chi connectivity index (χ2v) is 3.51. The Bertz CT molecular complexity index is 590. The second-order valence-electron chi connectivity index (χ2n) is 3.51. The van der Waals surface area contributed by atoms with Crippen LogP contribution in [0.3, 0.4) is 0 Å². The molecular formula is C13H9FN2O. The Hall–Kier alpha value is -2.41. The van der Waals surface area contributed by atoms with Crippen molar-refractivity contribution in [2.45, 2.75) is 6.92 Å². The van der Waals surface area contributed by atoms with E-state index in [1.165, 1.54) is 18.2 Å². The second kappa shape index (κ2) is 4.62. The van der Waals surface area contributed by atoms with E-state index in [4.69, 9.17) is 10.00 Å². The van der Waals surface area contributed by atoms with Crippen molar-refractivity contribution >= 4 is 0 Å². The van der Waals surface area contributed by atoms with Gasteiger partial charge in [0.2, 0.25) is 5.88 Å². The van der Waals surface area contributed by atoms with Crippen LogP contribution in [0.5, 0.6) is 11.6 Å². The number of aryl methyl sites for hydroxylation is 1. The predicted octanol–water partition coefficient (Wildman–Crippen LogP) is 3.19. The normalized spacial score (nSPS) is 9.71. The van der Waals surface area contributed by atoms with Crippen LogP contribution in [0.25, 0.3) is 0 Å². The Morgan fingerprint density at radius 3 is 2.82 bits per heavy atom. The van der Waals surface area contributed by atoms with Gasteiger partial charge in [0.05, 0.1) is 11.6 Å². The van der Waals surface area contributed by atoms with E-state index >= 15 is 0 Å². The topological polar surface area (TPSA) is 45.9 Å². The van der Waals surface area contributed by atoms with E-state index in [1.807, 2.05) is 6.07 Å². The summed E-state index contributed by atoms with van der Waals surface area (Å²) in [6, 6.07) is 10.9. The van der Waals surface area contributed by atoms with Gasteiger partial charge in [-0.2, -0.15) is 5.26 Å². The molecule has 2 rings (SSSR count). The molecule has 0 saturated carbocycles. The summed E-state index contributed by atoms with van der Waals surface area (Å²) in [5.74, 6) is 0.259. The maximum Gasteiger partial charge on any atom is 0.220 e. The third-order valence-electron chi connectivity index (χ3n) is 2.08. The number of halogens is 1. The zero-order valence-electron chi connectivity index (χ0n) is 9.14. The molecule has 0 aliphatic heterocycles. The smallest absolute Gasteiger partial charge is 0.220 e. The molecule has 0 atom stereocenters. The van der Waals surface area contributed by atoms with E-state index in [1.54, 1.807) is 25.1 Å². The first-order valence-electron chi connectivity index (χ1n) is 4.99. The number of hydrogen-bond donors (Lipinski definition) is 0. The largest absolute Gasteiger partial charge is 0.439 e. The van der Waals surface area contributed by atoms with E-state index in [9.17, 15) is 4.39 Å². The number of benzene rings is 1. The molecule has 17 heavy (non-hydrogen) atoms. The highest BCUT2D eigenvalue weighted by atomic mass is 19.1. The Morgan fingerprint density at radius 2 is 2.12 bits per heavy atom. The molecule has 0 bridgehead atoms. The molecule has 0 unspecified atom stereocenters. The summed E-state index contributed by atoms with van der Waals surface area (Å²) >= 11 is 0. The van der Waals surface area contributed by atoms with Crippen LogP contribution in [-0.4, -0.2) is 4.98 Å². The first-order valence-corrected chi connectivity index (χ1v) is 4.99. The van der Waals surface area contributed by atoms with Gasteiger partial charge in [0.1, 0.15) is 11.6 Å². The van der Waals surface area contributed by atoms with Gasteiger partial charge in [-0.15, -0.1) is 0 Å². The molecule has 1 aromatic heterocycles. The molecule has 2 aromatic rings. The summed E-state index contributed by atoms with van der Waals surface area (Å²) in [4.78, 5) is 4.11. The van der Waals surface area contributed by atoms with Crippen LogP contribution < -0.4 is 4.74 Å². The number of rotatable bonds is 2. The van der Waals surface area contributed by atoms with Crippen molar-refractivity contribution in [3.8, 4) is 17.7 Å². The number of pyridine rings is 1. The summed E-state index contributed by atoms with van der Waals surface area (Å²) in [7, 11) is 0. The van der Waals surface area contributed by atoms with Gasteiger partial charge in [-0.25, -0.2) is 9.37 Å². The van der Waals surface area contributed by atoms with Crippen molar-refractivity contribution < 1.29 is 9.13 Å². The van der Waals surface area contributed by atoms with Gasteiger partial charge < -0.3 is 4.74 Å². The fourth-order valence-corrected chi connectivity index (χ4v) is 1.41. The summed E-state index contributed by atoms with van der Waals surface area (Å²) < 4.78 is 18.3. The van der Waals surface area contributed by atoms with Crippen LogP contribution in [-0.2, 0) is 0 Å². The van der Waals surface area contributed by atoms with Gasteiger partial charge in [-0.05, 0) is 25.1 Å². The Labute approximate surface area is 98.1 Å². The molecule has 0 saturated heterocycles. The van der Waals surface area contributed by atoms with E-state index in [-0.39, 0.29) is 11.7 Å². The summed E-state index contributed by atoms with van der Waals surface area (Å²) in [6.45, 7) is 1.76.